The van der Waals surface area contributed by atoms with Gasteiger partial charge in [-0.15, -0.1) is 0 Å². The maximum Gasteiger partial charge on any atom is 0.262 e. The van der Waals surface area contributed by atoms with Crippen LogP contribution in [-0.4, -0.2) is 19.7 Å². The van der Waals surface area contributed by atoms with Gasteiger partial charge in [0.15, 0.2) is 5.16 Å². The number of hydrogen-bond donors (Lipinski definition) is 0. The van der Waals surface area contributed by atoms with Crippen molar-refractivity contribution >= 4 is 34.3 Å². The molecular weight excluding hydrogens is 456 g/mol. The van der Waals surface area contributed by atoms with Crippen molar-refractivity contribution in [3.8, 4) is 11.4 Å². The van der Waals surface area contributed by atoms with Crippen molar-refractivity contribution in [2.24, 2.45) is 0 Å². The number of thioether (sulfide) groups is 1. The highest BCUT2D eigenvalue weighted by Crippen LogP contribution is 2.25. The standard InChI is InChI=1S/C25H19ClN4O2S/c1-16-7-6-9-17(13-16)23-28-22(32-29-23)15-33-25-27-21-12-5-3-10-19(21)24(31)30(25)14-18-8-2-4-11-20(18)26/h2-13H,14-15H2,1H3. The lowest BCUT2D eigenvalue weighted by Gasteiger charge is -2.13. The largest absolute Gasteiger partial charge is 0.338 e. The highest BCUT2D eigenvalue weighted by atomic mass is 35.5. The van der Waals surface area contributed by atoms with Gasteiger partial charge in [0.2, 0.25) is 11.7 Å². The molecule has 0 aliphatic heterocycles. The summed E-state index contributed by atoms with van der Waals surface area (Å²) in [5.41, 5.74) is 3.40. The van der Waals surface area contributed by atoms with E-state index < -0.39 is 0 Å². The molecule has 0 saturated carbocycles. The van der Waals surface area contributed by atoms with Crippen LogP contribution in [-0.2, 0) is 12.3 Å². The van der Waals surface area contributed by atoms with E-state index in [4.69, 9.17) is 21.1 Å². The van der Waals surface area contributed by atoms with Gasteiger partial charge in [0.05, 0.1) is 23.2 Å². The molecule has 0 fully saturated rings. The molecule has 164 valence electrons. The number of para-hydroxylation sites is 1. The molecule has 3 aromatic carbocycles. The number of aromatic nitrogens is 4. The SMILES string of the molecule is Cc1cccc(-c2noc(CSc3nc4ccccc4c(=O)n3Cc3ccccc3Cl)n2)c1. The predicted octanol–water partition coefficient (Wildman–Crippen LogP) is 5.75. The van der Waals surface area contributed by atoms with E-state index in [1.54, 1.807) is 10.6 Å². The molecule has 0 radical (unpaired) electrons. The van der Waals surface area contributed by atoms with E-state index in [-0.39, 0.29) is 5.56 Å². The number of hydrogen-bond acceptors (Lipinski definition) is 6. The van der Waals surface area contributed by atoms with Gasteiger partial charge in [0, 0.05) is 10.6 Å². The van der Waals surface area contributed by atoms with Crippen LogP contribution in [0.5, 0.6) is 0 Å². The summed E-state index contributed by atoms with van der Waals surface area (Å²) in [5, 5.41) is 5.84. The Hall–Kier alpha value is -3.42. The van der Waals surface area contributed by atoms with Gasteiger partial charge >= 0.3 is 0 Å². The van der Waals surface area contributed by atoms with Crippen LogP contribution in [0.4, 0.5) is 0 Å². The number of nitrogens with zero attached hydrogens (tertiary/aromatic N) is 4. The third kappa shape index (κ3) is 4.55. The maximum absolute atomic E-state index is 13.3. The molecule has 0 bridgehead atoms. The zero-order valence-electron chi connectivity index (χ0n) is 17.7. The minimum Gasteiger partial charge on any atom is -0.338 e. The van der Waals surface area contributed by atoms with Crippen molar-refractivity contribution in [1.82, 2.24) is 19.7 Å². The van der Waals surface area contributed by atoms with E-state index >= 15 is 0 Å². The first-order valence-electron chi connectivity index (χ1n) is 10.3. The summed E-state index contributed by atoms with van der Waals surface area (Å²) in [6.07, 6.45) is 0. The minimum absolute atomic E-state index is 0.117. The van der Waals surface area contributed by atoms with Crippen molar-refractivity contribution in [2.45, 2.75) is 24.4 Å². The number of aryl methyl sites for hydroxylation is 1. The fourth-order valence-corrected chi connectivity index (χ4v) is 4.57. The summed E-state index contributed by atoms with van der Waals surface area (Å²) in [6, 6.07) is 22.7. The number of benzene rings is 3. The average Bonchev–Trinajstić information content (AvgIpc) is 3.30. The Labute approximate surface area is 199 Å². The fourth-order valence-electron chi connectivity index (χ4n) is 3.54. The third-order valence-electron chi connectivity index (χ3n) is 5.18. The molecule has 2 aromatic heterocycles. The van der Waals surface area contributed by atoms with Crippen molar-refractivity contribution in [2.75, 3.05) is 0 Å². The summed E-state index contributed by atoms with van der Waals surface area (Å²) >= 11 is 7.74. The monoisotopic (exact) mass is 474 g/mol. The van der Waals surface area contributed by atoms with Gasteiger partial charge in [-0.1, -0.05) is 82.6 Å². The summed E-state index contributed by atoms with van der Waals surface area (Å²) in [5.74, 6) is 1.38. The Balaban J connectivity index is 1.47. The summed E-state index contributed by atoms with van der Waals surface area (Å²) < 4.78 is 7.10. The lowest BCUT2D eigenvalue weighted by atomic mass is 10.1. The molecule has 5 aromatic rings. The van der Waals surface area contributed by atoms with Gasteiger partial charge in [-0.3, -0.25) is 9.36 Å². The molecular formula is C25H19ClN4O2S. The second-order valence-electron chi connectivity index (χ2n) is 7.56. The molecule has 0 amide bonds. The van der Waals surface area contributed by atoms with Crippen molar-refractivity contribution in [3.05, 3.63) is 105 Å². The van der Waals surface area contributed by atoms with E-state index in [9.17, 15) is 4.79 Å². The quantitative estimate of drug-likeness (QED) is 0.230. The molecule has 33 heavy (non-hydrogen) atoms. The molecule has 0 aliphatic rings. The van der Waals surface area contributed by atoms with E-state index in [0.29, 0.717) is 45.1 Å². The van der Waals surface area contributed by atoms with Gasteiger partial charge in [0.1, 0.15) is 0 Å². The number of halogens is 1. The van der Waals surface area contributed by atoms with Gasteiger partial charge in [-0.05, 0) is 36.8 Å². The van der Waals surface area contributed by atoms with Crippen LogP contribution in [0.2, 0.25) is 5.02 Å². The lowest BCUT2D eigenvalue weighted by molar-refractivity contribution is 0.391. The molecule has 6 nitrogen and oxygen atoms in total. The van der Waals surface area contributed by atoms with Crippen LogP contribution in [0.1, 0.15) is 17.0 Å². The molecule has 0 saturated heterocycles. The Bertz CT molecular complexity index is 1510. The molecule has 2 heterocycles. The molecule has 0 spiro atoms. The molecule has 0 unspecified atom stereocenters. The first kappa shape index (κ1) is 21.4. The van der Waals surface area contributed by atoms with E-state index in [2.05, 4.69) is 10.1 Å². The van der Waals surface area contributed by atoms with Crippen LogP contribution in [0.3, 0.4) is 0 Å². The Kier molecular flexibility index (Phi) is 5.98. The molecule has 5 rings (SSSR count). The van der Waals surface area contributed by atoms with Gasteiger partial charge < -0.3 is 4.52 Å². The smallest absolute Gasteiger partial charge is 0.262 e. The lowest BCUT2D eigenvalue weighted by Crippen LogP contribution is -2.24. The van der Waals surface area contributed by atoms with Gasteiger partial charge in [-0.2, -0.15) is 4.98 Å². The zero-order chi connectivity index (χ0) is 22.8. The number of fused-ring (bicyclic) bond motifs is 1. The van der Waals surface area contributed by atoms with Gasteiger partial charge in [0.25, 0.3) is 5.56 Å². The highest BCUT2D eigenvalue weighted by Gasteiger charge is 2.15. The topological polar surface area (TPSA) is 73.8 Å². The van der Waals surface area contributed by atoms with E-state index in [1.807, 2.05) is 73.7 Å². The summed E-state index contributed by atoms with van der Waals surface area (Å²) in [6.45, 7) is 2.33. The van der Waals surface area contributed by atoms with Crippen molar-refractivity contribution in [1.29, 1.82) is 0 Å². The summed E-state index contributed by atoms with van der Waals surface area (Å²) in [4.78, 5) is 22.6. The fraction of sp³-hybridized carbons (Fsp3) is 0.120. The van der Waals surface area contributed by atoms with Crippen molar-refractivity contribution < 1.29 is 4.52 Å². The molecule has 8 heteroatoms. The third-order valence-corrected chi connectivity index (χ3v) is 6.51. The predicted molar refractivity (Wildman–Crippen MR) is 131 cm³/mol. The Morgan fingerprint density at radius 2 is 1.82 bits per heavy atom. The van der Waals surface area contributed by atoms with Crippen LogP contribution in [0, 0.1) is 6.92 Å². The Morgan fingerprint density at radius 1 is 1.00 bits per heavy atom. The normalized spacial score (nSPS) is 11.2. The highest BCUT2D eigenvalue weighted by molar-refractivity contribution is 7.98. The maximum atomic E-state index is 13.3. The summed E-state index contributed by atoms with van der Waals surface area (Å²) in [7, 11) is 0. The van der Waals surface area contributed by atoms with Crippen LogP contribution < -0.4 is 5.56 Å². The Morgan fingerprint density at radius 3 is 2.67 bits per heavy atom. The van der Waals surface area contributed by atoms with Crippen LogP contribution in [0.25, 0.3) is 22.3 Å². The first-order chi connectivity index (χ1) is 16.1. The van der Waals surface area contributed by atoms with E-state index in [0.717, 1.165) is 16.7 Å². The average molecular weight is 475 g/mol. The van der Waals surface area contributed by atoms with Gasteiger partial charge in [-0.25, -0.2) is 4.98 Å². The van der Waals surface area contributed by atoms with Crippen LogP contribution in [0.15, 0.2) is 87.3 Å². The van der Waals surface area contributed by atoms with E-state index in [1.165, 1.54) is 11.8 Å². The van der Waals surface area contributed by atoms with Crippen molar-refractivity contribution in [3.63, 3.8) is 0 Å². The zero-order valence-corrected chi connectivity index (χ0v) is 19.3. The molecule has 0 atom stereocenters. The minimum atomic E-state index is -0.117. The number of rotatable bonds is 6. The first-order valence-corrected chi connectivity index (χ1v) is 11.7. The second-order valence-corrected chi connectivity index (χ2v) is 8.91. The molecule has 0 aliphatic carbocycles. The molecule has 0 N–H and O–H groups in total. The second kappa shape index (κ2) is 9.21. The van der Waals surface area contributed by atoms with Crippen LogP contribution >= 0.6 is 23.4 Å².